The lowest BCUT2D eigenvalue weighted by molar-refractivity contribution is -0.164. The molecule has 0 saturated heterocycles. The van der Waals surface area contributed by atoms with Gasteiger partial charge in [-0.3, -0.25) is 0 Å². The Morgan fingerprint density at radius 1 is 1.50 bits per heavy atom. The van der Waals surface area contributed by atoms with Crippen molar-refractivity contribution in [2.45, 2.75) is 52.4 Å². The zero-order valence-electron chi connectivity index (χ0n) is 7.35. The van der Waals surface area contributed by atoms with Crippen LogP contribution in [0, 0.1) is 0 Å². The van der Waals surface area contributed by atoms with Crippen LogP contribution >= 0.6 is 0 Å². The van der Waals surface area contributed by atoms with Crippen LogP contribution < -0.4 is 0 Å². The van der Waals surface area contributed by atoms with E-state index in [0.717, 1.165) is 12.8 Å². The van der Waals surface area contributed by atoms with Crippen LogP contribution in [0.4, 0.5) is 0 Å². The van der Waals surface area contributed by atoms with Crippen molar-refractivity contribution in [3.05, 3.63) is 0 Å². The lowest BCUT2D eigenvalue weighted by atomic mass is 10.0. The number of aliphatic hydroxyl groups excluding tert-OH is 1. The summed E-state index contributed by atoms with van der Waals surface area (Å²) >= 11 is 0. The van der Waals surface area contributed by atoms with Crippen LogP contribution in [0.2, 0.25) is 0 Å². The predicted molar refractivity (Wildman–Crippen MR) is 41.8 cm³/mol. The highest BCUT2D eigenvalue weighted by atomic mass is 16.6. The normalized spacial score (nSPS) is 15.3. The van der Waals surface area contributed by atoms with Gasteiger partial charge in [0.15, 0.2) is 6.29 Å². The van der Waals surface area contributed by atoms with Gasteiger partial charge >= 0.3 is 0 Å². The highest BCUT2D eigenvalue weighted by molar-refractivity contribution is 4.66. The van der Waals surface area contributed by atoms with Gasteiger partial charge in [0.05, 0.1) is 5.60 Å². The Bertz CT molecular complexity index is 87.3. The first kappa shape index (κ1) is 9.92. The monoisotopic (exact) mass is 146 g/mol. The molecule has 0 aliphatic heterocycles. The number of aliphatic hydroxyl groups is 1. The van der Waals surface area contributed by atoms with Gasteiger partial charge in [0.2, 0.25) is 0 Å². The van der Waals surface area contributed by atoms with Gasteiger partial charge in [-0.25, -0.2) is 0 Å². The summed E-state index contributed by atoms with van der Waals surface area (Å²) in [4.78, 5) is 0. The van der Waals surface area contributed by atoms with E-state index in [2.05, 4.69) is 6.92 Å². The number of ether oxygens (including phenoxy) is 1. The van der Waals surface area contributed by atoms with Crippen molar-refractivity contribution in [1.29, 1.82) is 0 Å². The Morgan fingerprint density at radius 3 is 2.30 bits per heavy atom. The van der Waals surface area contributed by atoms with Gasteiger partial charge in [0.1, 0.15) is 0 Å². The number of hydrogen-bond acceptors (Lipinski definition) is 2. The topological polar surface area (TPSA) is 29.5 Å². The van der Waals surface area contributed by atoms with E-state index in [9.17, 15) is 0 Å². The maximum absolute atomic E-state index is 8.89. The van der Waals surface area contributed by atoms with E-state index in [1.165, 1.54) is 0 Å². The molecular formula is C8H18O2. The van der Waals surface area contributed by atoms with Crippen molar-refractivity contribution in [2.75, 3.05) is 0 Å². The first-order chi connectivity index (χ1) is 4.48. The summed E-state index contributed by atoms with van der Waals surface area (Å²) < 4.78 is 5.23. The van der Waals surface area contributed by atoms with Crippen LogP contribution in [-0.4, -0.2) is 17.0 Å². The molecule has 0 saturated carbocycles. The minimum atomic E-state index is -0.651. The first-order valence-electron chi connectivity index (χ1n) is 3.84. The molecule has 1 N–H and O–H groups in total. The van der Waals surface area contributed by atoms with E-state index in [1.807, 2.05) is 13.8 Å². The van der Waals surface area contributed by atoms with Crippen molar-refractivity contribution in [2.24, 2.45) is 0 Å². The minimum absolute atomic E-state index is 0.178. The molecular weight excluding hydrogens is 128 g/mol. The second-order valence-corrected chi connectivity index (χ2v) is 3.23. The molecule has 0 bridgehead atoms. The van der Waals surface area contributed by atoms with Gasteiger partial charge in [0.25, 0.3) is 0 Å². The second-order valence-electron chi connectivity index (χ2n) is 3.23. The highest BCUT2D eigenvalue weighted by Crippen LogP contribution is 2.17. The SMILES string of the molecule is CCCC(C)(C)OC(C)O. The Hall–Kier alpha value is -0.0800. The predicted octanol–water partition coefficient (Wildman–Crippen LogP) is 1.92. The molecule has 1 atom stereocenters. The summed E-state index contributed by atoms with van der Waals surface area (Å²) in [7, 11) is 0. The van der Waals surface area contributed by atoms with E-state index in [4.69, 9.17) is 9.84 Å². The summed E-state index contributed by atoms with van der Waals surface area (Å²) in [6.45, 7) is 7.72. The third-order valence-corrected chi connectivity index (χ3v) is 1.34. The van der Waals surface area contributed by atoms with Gasteiger partial charge in [-0.05, 0) is 27.2 Å². The molecule has 0 fully saturated rings. The molecule has 2 heteroatoms. The second kappa shape index (κ2) is 3.94. The fourth-order valence-electron chi connectivity index (χ4n) is 1.12. The summed E-state index contributed by atoms with van der Waals surface area (Å²) in [5.41, 5.74) is -0.178. The largest absolute Gasteiger partial charge is 0.368 e. The highest BCUT2D eigenvalue weighted by Gasteiger charge is 2.18. The Morgan fingerprint density at radius 2 is 2.00 bits per heavy atom. The molecule has 0 aliphatic rings. The van der Waals surface area contributed by atoms with Gasteiger partial charge in [-0.15, -0.1) is 0 Å². The lowest BCUT2D eigenvalue weighted by Crippen LogP contribution is -2.28. The zero-order valence-corrected chi connectivity index (χ0v) is 7.35. The fourth-order valence-corrected chi connectivity index (χ4v) is 1.12. The molecule has 0 spiro atoms. The van der Waals surface area contributed by atoms with Crippen LogP contribution in [0.1, 0.15) is 40.5 Å². The van der Waals surface area contributed by atoms with E-state index in [-0.39, 0.29) is 5.60 Å². The van der Waals surface area contributed by atoms with Crippen molar-refractivity contribution in [1.82, 2.24) is 0 Å². The van der Waals surface area contributed by atoms with Crippen LogP contribution in [0.3, 0.4) is 0 Å². The van der Waals surface area contributed by atoms with Crippen LogP contribution in [-0.2, 0) is 4.74 Å². The average Bonchev–Trinajstić information content (AvgIpc) is 1.59. The van der Waals surface area contributed by atoms with Crippen molar-refractivity contribution in [3.8, 4) is 0 Å². The molecule has 0 aromatic heterocycles. The standard InChI is InChI=1S/C8H18O2/c1-5-6-8(3,4)10-7(2)9/h7,9H,5-6H2,1-4H3. The molecule has 0 radical (unpaired) electrons. The van der Waals surface area contributed by atoms with Gasteiger partial charge in [0, 0.05) is 0 Å². The summed E-state index contributed by atoms with van der Waals surface area (Å²) in [6, 6.07) is 0. The molecule has 0 heterocycles. The molecule has 0 aliphatic carbocycles. The third kappa shape index (κ3) is 4.77. The summed E-state index contributed by atoms with van der Waals surface area (Å²) in [6.07, 6.45) is 1.42. The quantitative estimate of drug-likeness (QED) is 0.614. The molecule has 0 rings (SSSR count). The number of rotatable bonds is 4. The molecule has 10 heavy (non-hydrogen) atoms. The van der Waals surface area contributed by atoms with E-state index in [0.29, 0.717) is 0 Å². The lowest BCUT2D eigenvalue weighted by Gasteiger charge is -2.26. The van der Waals surface area contributed by atoms with Gasteiger partial charge < -0.3 is 9.84 Å². The maximum Gasteiger partial charge on any atom is 0.152 e. The van der Waals surface area contributed by atoms with Gasteiger partial charge in [-0.2, -0.15) is 0 Å². The Labute approximate surface area is 63.2 Å². The Kier molecular flexibility index (Phi) is 3.91. The fraction of sp³-hybridized carbons (Fsp3) is 1.00. The summed E-state index contributed by atoms with van der Waals surface area (Å²) in [5.74, 6) is 0. The first-order valence-corrected chi connectivity index (χ1v) is 3.84. The molecule has 0 aromatic rings. The average molecular weight is 146 g/mol. The zero-order chi connectivity index (χ0) is 8.20. The number of hydrogen-bond donors (Lipinski definition) is 1. The van der Waals surface area contributed by atoms with E-state index < -0.39 is 6.29 Å². The van der Waals surface area contributed by atoms with Crippen LogP contribution in [0.25, 0.3) is 0 Å². The third-order valence-electron chi connectivity index (χ3n) is 1.34. The van der Waals surface area contributed by atoms with E-state index >= 15 is 0 Å². The van der Waals surface area contributed by atoms with Crippen molar-refractivity contribution in [3.63, 3.8) is 0 Å². The van der Waals surface area contributed by atoms with Crippen molar-refractivity contribution < 1.29 is 9.84 Å². The smallest absolute Gasteiger partial charge is 0.152 e. The van der Waals surface area contributed by atoms with Crippen molar-refractivity contribution >= 4 is 0 Å². The molecule has 62 valence electrons. The van der Waals surface area contributed by atoms with Crippen LogP contribution in [0.5, 0.6) is 0 Å². The molecule has 1 unspecified atom stereocenters. The van der Waals surface area contributed by atoms with E-state index in [1.54, 1.807) is 6.92 Å². The summed E-state index contributed by atoms with van der Waals surface area (Å²) in [5, 5.41) is 8.89. The minimum Gasteiger partial charge on any atom is -0.368 e. The maximum atomic E-state index is 8.89. The van der Waals surface area contributed by atoms with Crippen LogP contribution in [0.15, 0.2) is 0 Å². The Balaban J connectivity index is 3.63. The molecule has 2 nitrogen and oxygen atoms in total. The molecule has 0 amide bonds. The van der Waals surface area contributed by atoms with Gasteiger partial charge in [-0.1, -0.05) is 13.3 Å². The molecule has 0 aromatic carbocycles.